The Morgan fingerprint density at radius 1 is 1.33 bits per heavy atom. The second-order valence-corrected chi connectivity index (χ2v) is 4.35. The van der Waals surface area contributed by atoms with Gasteiger partial charge in [-0.2, -0.15) is 5.10 Å². The molecule has 0 unspecified atom stereocenters. The van der Waals surface area contributed by atoms with E-state index in [1.807, 2.05) is 37.9 Å². The molecule has 0 saturated carbocycles. The highest BCUT2D eigenvalue weighted by molar-refractivity contribution is 5.50. The first kappa shape index (κ1) is 12.6. The molecule has 0 aliphatic carbocycles. The standard InChI is InChI=1S/C13H18N4O/c1-9-10(2)15-16-13(12(9)7-14)17(3)8-11-5-4-6-18-11/h4-6H,7-8,14H2,1-3H3. The molecule has 0 aliphatic rings. The van der Waals surface area contributed by atoms with Crippen LogP contribution in [0.3, 0.4) is 0 Å². The van der Waals surface area contributed by atoms with E-state index in [0.29, 0.717) is 13.1 Å². The van der Waals surface area contributed by atoms with E-state index in [1.54, 1.807) is 6.26 Å². The highest BCUT2D eigenvalue weighted by Gasteiger charge is 2.14. The molecule has 5 heteroatoms. The highest BCUT2D eigenvalue weighted by atomic mass is 16.3. The molecular formula is C13H18N4O. The number of anilines is 1. The molecule has 0 saturated heterocycles. The Labute approximate surface area is 107 Å². The first-order chi connectivity index (χ1) is 8.63. The fourth-order valence-electron chi connectivity index (χ4n) is 1.91. The van der Waals surface area contributed by atoms with Crippen LogP contribution in [0.2, 0.25) is 0 Å². The molecule has 0 spiro atoms. The van der Waals surface area contributed by atoms with Gasteiger partial charge in [0.1, 0.15) is 5.76 Å². The Bertz CT molecular complexity index is 522. The van der Waals surface area contributed by atoms with Crippen LogP contribution in [-0.4, -0.2) is 17.2 Å². The minimum Gasteiger partial charge on any atom is -0.467 e. The number of furan rings is 1. The number of hydrogen-bond acceptors (Lipinski definition) is 5. The summed E-state index contributed by atoms with van der Waals surface area (Å²) in [6.07, 6.45) is 1.67. The zero-order valence-electron chi connectivity index (χ0n) is 11.0. The van der Waals surface area contributed by atoms with E-state index in [2.05, 4.69) is 10.2 Å². The molecule has 2 rings (SSSR count). The summed E-state index contributed by atoms with van der Waals surface area (Å²) in [6, 6.07) is 3.81. The van der Waals surface area contributed by atoms with Gasteiger partial charge in [-0.1, -0.05) is 0 Å². The smallest absolute Gasteiger partial charge is 0.156 e. The van der Waals surface area contributed by atoms with Crippen molar-refractivity contribution in [2.24, 2.45) is 5.73 Å². The van der Waals surface area contributed by atoms with E-state index in [1.165, 1.54) is 0 Å². The fourth-order valence-corrected chi connectivity index (χ4v) is 1.91. The average molecular weight is 246 g/mol. The fraction of sp³-hybridized carbons (Fsp3) is 0.385. The number of nitrogens with two attached hydrogens (primary N) is 1. The van der Waals surface area contributed by atoms with E-state index in [0.717, 1.165) is 28.4 Å². The molecule has 2 aromatic heterocycles. The number of rotatable bonds is 4. The largest absolute Gasteiger partial charge is 0.467 e. The van der Waals surface area contributed by atoms with Crippen LogP contribution in [0.4, 0.5) is 5.82 Å². The maximum Gasteiger partial charge on any atom is 0.156 e. The molecule has 2 N–H and O–H groups in total. The molecule has 5 nitrogen and oxygen atoms in total. The summed E-state index contributed by atoms with van der Waals surface area (Å²) in [5.41, 5.74) is 8.88. The second kappa shape index (κ2) is 5.18. The lowest BCUT2D eigenvalue weighted by Gasteiger charge is -2.20. The molecule has 0 aliphatic heterocycles. The van der Waals surface area contributed by atoms with Crippen LogP contribution in [-0.2, 0) is 13.1 Å². The van der Waals surface area contributed by atoms with Gasteiger partial charge in [-0.25, -0.2) is 0 Å². The molecule has 0 amide bonds. The Morgan fingerprint density at radius 3 is 2.72 bits per heavy atom. The van der Waals surface area contributed by atoms with Gasteiger partial charge in [0.15, 0.2) is 5.82 Å². The van der Waals surface area contributed by atoms with Crippen molar-refractivity contribution in [3.63, 3.8) is 0 Å². The van der Waals surface area contributed by atoms with E-state index in [9.17, 15) is 0 Å². The first-order valence-corrected chi connectivity index (χ1v) is 5.89. The van der Waals surface area contributed by atoms with Gasteiger partial charge in [0.2, 0.25) is 0 Å². The van der Waals surface area contributed by atoms with Crippen LogP contribution >= 0.6 is 0 Å². The second-order valence-electron chi connectivity index (χ2n) is 4.35. The summed E-state index contributed by atoms with van der Waals surface area (Å²) in [7, 11) is 1.96. The van der Waals surface area contributed by atoms with Gasteiger partial charge >= 0.3 is 0 Å². The number of aromatic nitrogens is 2. The van der Waals surface area contributed by atoms with Crippen LogP contribution in [0.5, 0.6) is 0 Å². The summed E-state index contributed by atoms with van der Waals surface area (Å²) in [5, 5.41) is 8.40. The Hall–Kier alpha value is -1.88. The van der Waals surface area contributed by atoms with E-state index in [4.69, 9.17) is 10.2 Å². The monoisotopic (exact) mass is 246 g/mol. The third-order valence-corrected chi connectivity index (χ3v) is 3.10. The van der Waals surface area contributed by atoms with Crippen molar-refractivity contribution in [3.8, 4) is 0 Å². The number of hydrogen-bond donors (Lipinski definition) is 1. The zero-order valence-corrected chi connectivity index (χ0v) is 11.0. The van der Waals surface area contributed by atoms with Gasteiger partial charge in [-0.15, -0.1) is 5.10 Å². The van der Waals surface area contributed by atoms with Gasteiger partial charge in [0.25, 0.3) is 0 Å². The van der Waals surface area contributed by atoms with E-state index in [-0.39, 0.29) is 0 Å². The van der Waals surface area contributed by atoms with E-state index >= 15 is 0 Å². The third kappa shape index (κ3) is 2.36. The van der Waals surface area contributed by atoms with Crippen LogP contribution in [0.15, 0.2) is 22.8 Å². The summed E-state index contributed by atoms with van der Waals surface area (Å²) in [6.45, 7) is 5.07. The van der Waals surface area contributed by atoms with Crippen molar-refractivity contribution < 1.29 is 4.42 Å². The Morgan fingerprint density at radius 2 is 2.11 bits per heavy atom. The maximum atomic E-state index is 5.81. The molecule has 0 bridgehead atoms. The predicted octanol–water partition coefficient (Wildman–Crippen LogP) is 1.78. The summed E-state index contributed by atoms with van der Waals surface area (Å²) in [5.74, 6) is 1.71. The molecule has 18 heavy (non-hydrogen) atoms. The highest BCUT2D eigenvalue weighted by Crippen LogP contribution is 2.22. The molecule has 0 atom stereocenters. The molecule has 2 heterocycles. The Kier molecular flexibility index (Phi) is 3.62. The van der Waals surface area contributed by atoms with Gasteiger partial charge in [0, 0.05) is 19.2 Å². The van der Waals surface area contributed by atoms with Crippen molar-refractivity contribution in [2.45, 2.75) is 26.9 Å². The predicted molar refractivity (Wildman–Crippen MR) is 70.2 cm³/mol. The maximum absolute atomic E-state index is 5.81. The summed E-state index contributed by atoms with van der Waals surface area (Å²) < 4.78 is 5.33. The summed E-state index contributed by atoms with van der Waals surface area (Å²) >= 11 is 0. The molecule has 0 aromatic carbocycles. The molecular weight excluding hydrogens is 228 g/mol. The zero-order chi connectivity index (χ0) is 13.1. The quantitative estimate of drug-likeness (QED) is 0.890. The lowest BCUT2D eigenvalue weighted by atomic mass is 10.1. The van der Waals surface area contributed by atoms with Crippen LogP contribution < -0.4 is 10.6 Å². The number of aryl methyl sites for hydroxylation is 1. The van der Waals surface area contributed by atoms with Gasteiger partial charge < -0.3 is 15.1 Å². The van der Waals surface area contributed by atoms with Gasteiger partial charge in [0.05, 0.1) is 18.5 Å². The SMILES string of the molecule is Cc1nnc(N(C)Cc2ccco2)c(CN)c1C. The van der Waals surface area contributed by atoms with Crippen LogP contribution in [0.1, 0.15) is 22.6 Å². The topological polar surface area (TPSA) is 68.2 Å². The van der Waals surface area contributed by atoms with Crippen molar-refractivity contribution in [3.05, 3.63) is 41.0 Å². The van der Waals surface area contributed by atoms with Gasteiger partial charge in [-0.3, -0.25) is 0 Å². The van der Waals surface area contributed by atoms with Crippen molar-refractivity contribution >= 4 is 5.82 Å². The van der Waals surface area contributed by atoms with Crippen molar-refractivity contribution in [1.29, 1.82) is 0 Å². The average Bonchev–Trinajstić information content (AvgIpc) is 2.85. The van der Waals surface area contributed by atoms with Crippen LogP contribution in [0, 0.1) is 13.8 Å². The Balaban J connectivity index is 2.30. The number of nitrogens with zero attached hydrogens (tertiary/aromatic N) is 3. The van der Waals surface area contributed by atoms with E-state index < -0.39 is 0 Å². The molecule has 0 radical (unpaired) electrons. The molecule has 2 aromatic rings. The lowest BCUT2D eigenvalue weighted by Crippen LogP contribution is -2.22. The minimum absolute atomic E-state index is 0.458. The first-order valence-electron chi connectivity index (χ1n) is 5.89. The van der Waals surface area contributed by atoms with Crippen LogP contribution in [0.25, 0.3) is 0 Å². The van der Waals surface area contributed by atoms with Crippen molar-refractivity contribution in [1.82, 2.24) is 10.2 Å². The molecule has 96 valence electrons. The normalized spacial score (nSPS) is 10.7. The third-order valence-electron chi connectivity index (χ3n) is 3.10. The lowest BCUT2D eigenvalue weighted by molar-refractivity contribution is 0.506. The molecule has 0 fully saturated rings. The van der Waals surface area contributed by atoms with Crippen molar-refractivity contribution in [2.75, 3.05) is 11.9 Å². The van der Waals surface area contributed by atoms with Gasteiger partial charge in [-0.05, 0) is 31.5 Å². The minimum atomic E-state index is 0.458. The summed E-state index contributed by atoms with van der Waals surface area (Å²) in [4.78, 5) is 2.00.